The van der Waals surface area contributed by atoms with Gasteiger partial charge in [0, 0.05) is 10.1 Å². The Labute approximate surface area is 104 Å². The van der Waals surface area contributed by atoms with Crippen LogP contribution in [0.25, 0.3) is 10.1 Å². The molecule has 0 spiro atoms. The number of furan rings is 1. The molecule has 0 amide bonds. The molecule has 1 nitrogen and oxygen atoms in total. The van der Waals surface area contributed by atoms with Gasteiger partial charge in [-0.25, -0.2) is 0 Å². The molecular weight excluding hydrogens is 264 g/mol. The van der Waals surface area contributed by atoms with E-state index in [1.54, 1.807) is 6.26 Å². The lowest BCUT2D eigenvalue weighted by Gasteiger charge is -2.06. The Morgan fingerprint density at radius 3 is 2.44 bits per heavy atom. The van der Waals surface area contributed by atoms with Crippen molar-refractivity contribution >= 4 is 26.0 Å². The maximum Gasteiger partial charge on any atom is 0.130 e. The fourth-order valence-corrected chi connectivity index (χ4v) is 2.39. The minimum absolute atomic E-state index is 0.929. The Balaban J connectivity index is 2.46. The molecule has 1 aromatic heterocycles. The highest BCUT2D eigenvalue weighted by molar-refractivity contribution is 9.15. The number of halogens is 1. The second-order valence-corrected chi connectivity index (χ2v) is 4.28. The van der Waals surface area contributed by atoms with Gasteiger partial charge in [0.2, 0.25) is 0 Å². The molecule has 0 saturated carbocycles. The molecule has 0 fully saturated rings. The second kappa shape index (κ2) is 5.17. The summed E-state index contributed by atoms with van der Waals surface area (Å²) in [4.78, 5) is 0. The maximum absolute atomic E-state index is 5.44. The minimum Gasteiger partial charge on any atom is -0.465 e. The summed E-state index contributed by atoms with van der Waals surface area (Å²) in [5.41, 5.74) is 2.37. The average molecular weight is 277 g/mol. The van der Waals surface area contributed by atoms with Crippen LogP contribution in [0.1, 0.15) is 24.7 Å². The fraction of sp³-hybridized carbons (Fsp3) is 0.143. The zero-order valence-corrected chi connectivity index (χ0v) is 10.7. The first-order valence-corrected chi connectivity index (χ1v) is 6.10. The largest absolute Gasteiger partial charge is 0.465 e. The first kappa shape index (κ1) is 11.2. The van der Waals surface area contributed by atoms with Gasteiger partial charge in [-0.05, 0) is 40.0 Å². The van der Waals surface area contributed by atoms with Crippen molar-refractivity contribution in [1.29, 1.82) is 0 Å². The van der Waals surface area contributed by atoms with Crippen LogP contribution in [0.4, 0.5) is 0 Å². The molecule has 0 atom stereocenters. The highest BCUT2D eigenvalue weighted by Crippen LogP contribution is 2.33. The molecule has 0 radical (unpaired) electrons. The van der Waals surface area contributed by atoms with Gasteiger partial charge in [0.15, 0.2) is 0 Å². The molecular formula is C14H13BrO. The van der Waals surface area contributed by atoms with E-state index in [0.717, 1.165) is 16.7 Å². The van der Waals surface area contributed by atoms with Crippen molar-refractivity contribution in [2.75, 3.05) is 0 Å². The third kappa shape index (κ3) is 2.27. The van der Waals surface area contributed by atoms with Gasteiger partial charge in [-0.15, -0.1) is 0 Å². The highest BCUT2D eigenvalue weighted by atomic mass is 79.9. The molecule has 0 bridgehead atoms. The van der Waals surface area contributed by atoms with Crippen molar-refractivity contribution in [2.24, 2.45) is 0 Å². The topological polar surface area (TPSA) is 13.1 Å². The number of rotatable bonds is 3. The van der Waals surface area contributed by atoms with Crippen molar-refractivity contribution in [1.82, 2.24) is 0 Å². The molecule has 1 aromatic carbocycles. The van der Waals surface area contributed by atoms with Gasteiger partial charge in [0.05, 0.1) is 6.26 Å². The molecule has 2 rings (SSSR count). The summed E-state index contributed by atoms with van der Waals surface area (Å²) in [6.45, 7) is 2.13. The Bertz CT molecular complexity index is 469. The Hall–Kier alpha value is -1.28. The van der Waals surface area contributed by atoms with Crippen LogP contribution >= 0.6 is 15.9 Å². The molecule has 2 heteroatoms. The normalized spacial score (nSPS) is 12.4. The van der Waals surface area contributed by atoms with E-state index in [1.165, 1.54) is 11.1 Å². The van der Waals surface area contributed by atoms with Crippen LogP contribution in [-0.4, -0.2) is 0 Å². The molecule has 0 saturated heterocycles. The smallest absolute Gasteiger partial charge is 0.130 e. The summed E-state index contributed by atoms with van der Waals surface area (Å²) >= 11 is 3.65. The van der Waals surface area contributed by atoms with Crippen molar-refractivity contribution < 1.29 is 4.42 Å². The van der Waals surface area contributed by atoms with Crippen LogP contribution in [0.2, 0.25) is 0 Å². The van der Waals surface area contributed by atoms with E-state index in [1.807, 2.05) is 30.3 Å². The molecule has 16 heavy (non-hydrogen) atoms. The zero-order chi connectivity index (χ0) is 11.4. The molecule has 0 unspecified atom stereocenters. The first-order valence-electron chi connectivity index (χ1n) is 5.31. The number of hydrogen-bond acceptors (Lipinski definition) is 1. The molecule has 1 heterocycles. The van der Waals surface area contributed by atoms with Gasteiger partial charge in [-0.3, -0.25) is 0 Å². The minimum atomic E-state index is 0.929. The monoisotopic (exact) mass is 276 g/mol. The second-order valence-electron chi connectivity index (χ2n) is 3.49. The molecule has 2 aromatic rings. The van der Waals surface area contributed by atoms with Gasteiger partial charge in [0.1, 0.15) is 5.76 Å². The zero-order valence-electron chi connectivity index (χ0n) is 9.11. The van der Waals surface area contributed by atoms with Crippen LogP contribution in [0, 0.1) is 0 Å². The average Bonchev–Trinajstić information content (AvgIpc) is 2.85. The summed E-state index contributed by atoms with van der Waals surface area (Å²) in [6, 6.07) is 14.2. The fourth-order valence-electron chi connectivity index (χ4n) is 1.65. The van der Waals surface area contributed by atoms with E-state index in [9.17, 15) is 0 Å². The summed E-state index contributed by atoms with van der Waals surface area (Å²) in [7, 11) is 0. The van der Waals surface area contributed by atoms with Crippen LogP contribution in [0.5, 0.6) is 0 Å². The predicted molar refractivity (Wildman–Crippen MR) is 71.2 cm³/mol. The Kier molecular flexibility index (Phi) is 3.62. The Morgan fingerprint density at radius 2 is 1.88 bits per heavy atom. The lowest BCUT2D eigenvalue weighted by atomic mass is 10.1. The molecule has 0 aliphatic carbocycles. The van der Waals surface area contributed by atoms with E-state index < -0.39 is 0 Å². The lowest BCUT2D eigenvalue weighted by molar-refractivity contribution is 0.551. The molecule has 0 aliphatic rings. The summed E-state index contributed by atoms with van der Waals surface area (Å²) in [5, 5.41) is 0. The SMILES string of the molecule is CC/C(=C(\Br)c1ccccc1)c1ccco1. The molecule has 0 N–H and O–H groups in total. The third-order valence-corrected chi connectivity index (χ3v) is 3.40. The number of allylic oxidation sites excluding steroid dienone is 1. The maximum atomic E-state index is 5.44. The van der Waals surface area contributed by atoms with Crippen molar-refractivity contribution in [3.63, 3.8) is 0 Å². The number of benzene rings is 1. The van der Waals surface area contributed by atoms with E-state index in [4.69, 9.17) is 4.42 Å². The molecule has 0 aliphatic heterocycles. The van der Waals surface area contributed by atoms with Gasteiger partial charge >= 0.3 is 0 Å². The van der Waals surface area contributed by atoms with Gasteiger partial charge in [0.25, 0.3) is 0 Å². The van der Waals surface area contributed by atoms with Crippen LogP contribution in [0.15, 0.2) is 53.1 Å². The summed E-state index contributed by atoms with van der Waals surface area (Å²) in [5.74, 6) is 0.929. The van der Waals surface area contributed by atoms with Gasteiger partial charge < -0.3 is 4.42 Å². The number of hydrogen-bond donors (Lipinski definition) is 0. The van der Waals surface area contributed by atoms with Crippen LogP contribution in [0.3, 0.4) is 0 Å². The van der Waals surface area contributed by atoms with E-state index >= 15 is 0 Å². The standard InChI is InChI=1S/C14H13BrO/c1-2-12(13-9-6-10-16-13)14(15)11-7-4-3-5-8-11/h3-10H,2H2,1H3/b14-12+. The van der Waals surface area contributed by atoms with Crippen molar-refractivity contribution in [3.8, 4) is 0 Å². The highest BCUT2D eigenvalue weighted by Gasteiger charge is 2.09. The van der Waals surface area contributed by atoms with E-state index in [0.29, 0.717) is 0 Å². The van der Waals surface area contributed by atoms with Crippen molar-refractivity contribution in [2.45, 2.75) is 13.3 Å². The van der Waals surface area contributed by atoms with E-state index in [-0.39, 0.29) is 0 Å². The van der Waals surface area contributed by atoms with Crippen LogP contribution < -0.4 is 0 Å². The lowest BCUT2D eigenvalue weighted by Crippen LogP contribution is -1.84. The van der Waals surface area contributed by atoms with Gasteiger partial charge in [-0.2, -0.15) is 0 Å². The summed E-state index contributed by atoms with van der Waals surface area (Å²) in [6.07, 6.45) is 2.64. The Morgan fingerprint density at radius 1 is 1.12 bits per heavy atom. The first-order chi connectivity index (χ1) is 7.83. The third-order valence-electron chi connectivity index (χ3n) is 2.46. The predicted octanol–water partition coefficient (Wildman–Crippen LogP) is 4.95. The van der Waals surface area contributed by atoms with Gasteiger partial charge in [-0.1, -0.05) is 37.3 Å². The summed E-state index contributed by atoms with van der Waals surface area (Å²) < 4.78 is 6.54. The van der Waals surface area contributed by atoms with E-state index in [2.05, 4.69) is 35.0 Å². The molecule has 82 valence electrons. The van der Waals surface area contributed by atoms with Crippen LogP contribution in [-0.2, 0) is 0 Å². The quantitative estimate of drug-likeness (QED) is 0.773. The van der Waals surface area contributed by atoms with Crippen molar-refractivity contribution in [3.05, 3.63) is 60.1 Å².